The van der Waals surface area contributed by atoms with Gasteiger partial charge in [0.25, 0.3) is 5.91 Å². The van der Waals surface area contributed by atoms with Crippen LogP contribution in [0.25, 0.3) is 0 Å². The van der Waals surface area contributed by atoms with E-state index in [0.29, 0.717) is 5.69 Å². The number of aryl methyl sites for hydroxylation is 1. The molecular weight excluding hydrogens is 213 g/mol. The highest BCUT2D eigenvalue weighted by Gasteiger charge is 2.14. The smallest absolute Gasteiger partial charge is 0.301 e. The van der Waals surface area contributed by atoms with Crippen molar-refractivity contribution in [2.24, 2.45) is 0 Å². The van der Waals surface area contributed by atoms with Crippen molar-refractivity contribution in [3.63, 3.8) is 0 Å². The molecule has 0 aromatic carbocycles. The molecule has 0 aliphatic carbocycles. The summed E-state index contributed by atoms with van der Waals surface area (Å²) in [5.74, 6) is -1.48. The molecule has 0 unspecified atom stereocenters. The molecule has 82 valence electrons. The first-order chi connectivity index (χ1) is 7.66. The van der Waals surface area contributed by atoms with Crippen molar-refractivity contribution >= 4 is 11.9 Å². The third-order valence-electron chi connectivity index (χ3n) is 1.84. The summed E-state index contributed by atoms with van der Waals surface area (Å²) in [7, 11) is 0. The van der Waals surface area contributed by atoms with Crippen molar-refractivity contribution in [2.45, 2.75) is 6.92 Å². The largest absolute Gasteiger partial charge is 0.432 e. The average molecular weight is 221 g/mol. The molecule has 0 saturated carbocycles. The van der Waals surface area contributed by atoms with Gasteiger partial charge in [-0.2, -0.15) is 9.37 Å². The van der Waals surface area contributed by atoms with Crippen molar-refractivity contribution in [1.82, 2.24) is 9.97 Å². The Morgan fingerprint density at radius 1 is 1.56 bits per heavy atom. The fourth-order valence-corrected chi connectivity index (χ4v) is 1.13. The zero-order valence-corrected chi connectivity index (χ0v) is 8.40. The minimum absolute atomic E-state index is 0.0331. The minimum Gasteiger partial charge on any atom is -0.432 e. The molecule has 1 N–H and O–H groups in total. The zero-order chi connectivity index (χ0) is 11.5. The monoisotopic (exact) mass is 221 g/mol. The number of carbonyl (C=O) groups excluding carboxylic acids is 1. The lowest BCUT2D eigenvalue weighted by Crippen LogP contribution is -2.14. The molecular formula is C10H8FN3O2. The summed E-state index contributed by atoms with van der Waals surface area (Å²) in [6.07, 6.45) is 2.65. The Balaban J connectivity index is 2.18. The topological polar surface area (TPSA) is 68.0 Å². The lowest BCUT2D eigenvalue weighted by Gasteiger charge is -2.00. The van der Waals surface area contributed by atoms with Crippen molar-refractivity contribution in [3.05, 3.63) is 41.8 Å². The van der Waals surface area contributed by atoms with E-state index in [4.69, 9.17) is 4.42 Å². The summed E-state index contributed by atoms with van der Waals surface area (Å²) in [5.41, 5.74) is 0.473. The van der Waals surface area contributed by atoms with Gasteiger partial charge >= 0.3 is 6.01 Å². The van der Waals surface area contributed by atoms with Crippen molar-refractivity contribution in [3.8, 4) is 0 Å². The van der Waals surface area contributed by atoms with E-state index in [-0.39, 0.29) is 11.6 Å². The van der Waals surface area contributed by atoms with E-state index >= 15 is 0 Å². The minimum atomic E-state index is -0.830. The molecule has 0 aliphatic rings. The Bertz CT molecular complexity index is 524. The first-order valence-corrected chi connectivity index (χ1v) is 4.51. The van der Waals surface area contributed by atoms with Crippen LogP contribution >= 0.6 is 0 Å². The molecule has 5 nitrogen and oxygen atoms in total. The lowest BCUT2D eigenvalue weighted by atomic mass is 10.2. The Morgan fingerprint density at radius 3 is 3.00 bits per heavy atom. The van der Waals surface area contributed by atoms with Crippen LogP contribution in [0.3, 0.4) is 0 Å². The molecule has 0 fully saturated rings. The molecule has 2 aromatic rings. The van der Waals surface area contributed by atoms with Crippen LogP contribution in [0.1, 0.15) is 16.1 Å². The summed E-state index contributed by atoms with van der Waals surface area (Å²) in [4.78, 5) is 18.8. The van der Waals surface area contributed by atoms with Gasteiger partial charge in [-0.05, 0) is 19.1 Å². The normalized spacial score (nSPS) is 10.1. The van der Waals surface area contributed by atoms with Gasteiger partial charge in [0.1, 0.15) is 6.26 Å². The maximum absolute atomic E-state index is 13.1. The number of oxazole rings is 1. The quantitative estimate of drug-likeness (QED) is 0.784. The van der Waals surface area contributed by atoms with E-state index in [1.165, 1.54) is 24.6 Å². The number of halogens is 1. The van der Waals surface area contributed by atoms with E-state index < -0.39 is 11.9 Å². The van der Waals surface area contributed by atoms with E-state index in [0.717, 1.165) is 0 Å². The van der Waals surface area contributed by atoms with Gasteiger partial charge in [0.2, 0.25) is 5.95 Å². The van der Waals surface area contributed by atoms with Crippen LogP contribution in [0.5, 0.6) is 0 Å². The first kappa shape index (κ1) is 10.3. The van der Waals surface area contributed by atoms with Gasteiger partial charge in [-0.3, -0.25) is 10.1 Å². The van der Waals surface area contributed by atoms with E-state index in [1.807, 2.05) is 0 Å². The van der Waals surface area contributed by atoms with Gasteiger partial charge in [0.15, 0.2) is 0 Å². The van der Waals surface area contributed by atoms with Gasteiger partial charge in [0, 0.05) is 6.20 Å². The predicted octanol–water partition coefficient (Wildman–Crippen LogP) is 1.77. The Labute approximate surface area is 90.3 Å². The second-order valence-electron chi connectivity index (χ2n) is 3.09. The molecule has 2 heterocycles. The van der Waals surface area contributed by atoms with E-state index in [9.17, 15) is 9.18 Å². The fourth-order valence-electron chi connectivity index (χ4n) is 1.13. The maximum Gasteiger partial charge on any atom is 0.301 e. The number of nitrogens with zero attached hydrogens (tertiary/aromatic N) is 2. The van der Waals surface area contributed by atoms with Crippen molar-refractivity contribution in [2.75, 3.05) is 5.32 Å². The molecule has 0 radical (unpaired) electrons. The highest BCUT2D eigenvalue weighted by molar-refractivity contribution is 6.03. The van der Waals surface area contributed by atoms with Gasteiger partial charge in [-0.25, -0.2) is 4.98 Å². The molecule has 1 amide bonds. The molecule has 6 heteroatoms. The summed E-state index contributed by atoms with van der Waals surface area (Å²) in [5, 5.41) is 2.32. The third-order valence-corrected chi connectivity index (χ3v) is 1.84. The predicted molar refractivity (Wildman–Crippen MR) is 53.4 cm³/mol. The molecule has 0 spiro atoms. The Hall–Kier alpha value is -2.24. The number of hydrogen-bond acceptors (Lipinski definition) is 4. The summed E-state index contributed by atoms with van der Waals surface area (Å²) >= 11 is 0. The van der Waals surface area contributed by atoms with Gasteiger partial charge in [-0.1, -0.05) is 0 Å². The number of nitrogens with one attached hydrogen (secondary N) is 1. The standard InChI is InChI=1S/C10H8FN3O2/c1-6-5-16-10(13-6)14-9(15)7-3-2-4-12-8(7)11/h2-5H,1H3,(H,13,14,15). The summed E-state index contributed by atoms with van der Waals surface area (Å²) < 4.78 is 18.0. The van der Waals surface area contributed by atoms with Gasteiger partial charge in [-0.15, -0.1) is 0 Å². The first-order valence-electron chi connectivity index (χ1n) is 4.51. The van der Waals surface area contributed by atoms with Gasteiger partial charge in [0.05, 0.1) is 11.3 Å². The van der Waals surface area contributed by atoms with Crippen molar-refractivity contribution < 1.29 is 13.6 Å². The molecule has 2 rings (SSSR count). The molecule has 16 heavy (non-hydrogen) atoms. The molecule has 2 aromatic heterocycles. The molecule has 0 saturated heterocycles. The highest BCUT2D eigenvalue weighted by atomic mass is 19.1. The number of hydrogen-bond donors (Lipinski definition) is 1. The van der Waals surface area contributed by atoms with Crippen LogP contribution in [0.15, 0.2) is 29.0 Å². The molecule has 0 aliphatic heterocycles. The van der Waals surface area contributed by atoms with Crippen LogP contribution < -0.4 is 5.32 Å². The maximum atomic E-state index is 13.1. The van der Waals surface area contributed by atoms with Crippen LogP contribution in [0.4, 0.5) is 10.4 Å². The van der Waals surface area contributed by atoms with Crippen LogP contribution in [-0.2, 0) is 0 Å². The summed E-state index contributed by atoms with van der Waals surface area (Å²) in [6, 6.07) is 2.83. The van der Waals surface area contributed by atoms with E-state index in [2.05, 4.69) is 15.3 Å². The third kappa shape index (κ3) is 2.05. The number of pyridine rings is 1. The van der Waals surface area contributed by atoms with Gasteiger partial charge < -0.3 is 4.42 Å². The van der Waals surface area contributed by atoms with E-state index in [1.54, 1.807) is 6.92 Å². The SMILES string of the molecule is Cc1coc(NC(=O)c2cccnc2F)n1. The highest BCUT2D eigenvalue weighted by Crippen LogP contribution is 2.09. The molecule has 0 bridgehead atoms. The zero-order valence-electron chi connectivity index (χ0n) is 8.40. The number of rotatable bonds is 2. The van der Waals surface area contributed by atoms with Crippen molar-refractivity contribution in [1.29, 1.82) is 0 Å². The fraction of sp³-hybridized carbons (Fsp3) is 0.100. The lowest BCUT2D eigenvalue weighted by molar-refractivity contribution is 0.101. The number of amides is 1. The summed E-state index contributed by atoms with van der Waals surface area (Å²) in [6.45, 7) is 1.71. The Kier molecular flexibility index (Phi) is 2.63. The van der Waals surface area contributed by atoms with Crippen LogP contribution in [0, 0.1) is 12.9 Å². The number of carbonyl (C=O) groups is 1. The van der Waals surface area contributed by atoms with Crippen LogP contribution in [0.2, 0.25) is 0 Å². The second kappa shape index (κ2) is 4.09. The van der Waals surface area contributed by atoms with Crippen LogP contribution in [-0.4, -0.2) is 15.9 Å². The number of aromatic nitrogens is 2. The Morgan fingerprint density at radius 2 is 2.38 bits per heavy atom. The second-order valence-corrected chi connectivity index (χ2v) is 3.09. The molecule has 0 atom stereocenters. The number of anilines is 1. The average Bonchev–Trinajstić information content (AvgIpc) is 2.64.